The van der Waals surface area contributed by atoms with Gasteiger partial charge in [0.25, 0.3) is 5.91 Å². The van der Waals surface area contributed by atoms with Crippen molar-refractivity contribution < 1.29 is 14.3 Å². The maximum Gasteiger partial charge on any atom is 0.325 e. The second kappa shape index (κ2) is 9.88. The molecule has 2 N–H and O–H groups in total. The summed E-state index contributed by atoms with van der Waals surface area (Å²) in [4.78, 5) is 33.3. The molecule has 1 aliphatic rings. The number of carbonyl (C=O) groups excluding carboxylic acids is 2. The van der Waals surface area contributed by atoms with Crippen LogP contribution in [-0.4, -0.2) is 55.1 Å². The van der Waals surface area contributed by atoms with Crippen molar-refractivity contribution in [3.8, 4) is 5.75 Å². The lowest BCUT2D eigenvalue weighted by Gasteiger charge is -2.35. The second-order valence-electron chi connectivity index (χ2n) is 7.10. The Bertz CT molecular complexity index is 1100. The topological polar surface area (TPSA) is 86.8 Å². The number of aromatic nitrogens is 1. The summed E-state index contributed by atoms with van der Waals surface area (Å²) in [6, 6.07) is 14.3. The molecule has 32 heavy (non-hydrogen) atoms. The minimum atomic E-state index is -0.450. The highest BCUT2D eigenvalue weighted by Crippen LogP contribution is 2.22. The predicted octanol–water partition coefficient (Wildman–Crippen LogP) is 4.41. The molecule has 2 heterocycles. The lowest BCUT2D eigenvalue weighted by atomic mass is 10.2. The quantitative estimate of drug-likeness (QED) is 0.575. The van der Waals surface area contributed by atoms with Crippen LogP contribution in [0.15, 0.2) is 53.9 Å². The second-order valence-corrected chi connectivity index (χ2v) is 8.40. The van der Waals surface area contributed by atoms with Gasteiger partial charge in [-0.25, -0.2) is 9.78 Å². The zero-order valence-corrected chi connectivity index (χ0v) is 18.9. The summed E-state index contributed by atoms with van der Waals surface area (Å²) < 4.78 is 5.20. The van der Waals surface area contributed by atoms with Gasteiger partial charge in [0.2, 0.25) is 0 Å². The van der Waals surface area contributed by atoms with E-state index in [4.69, 9.17) is 16.3 Å². The fraction of sp³-hybridized carbons (Fsp3) is 0.227. The SMILES string of the molecule is COc1ccc(N2CCN(C(=O)c3csc(NC(=O)Nc4cccc(Cl)c4)n3)CC2)cc1. The fourth-order valence-corrected chi connectivity index (χ4v) is 4.25. The van der Waals surface area contributed by atoms with Crippen LogP contribution < -0.4 is 20.3 Å². The molecule has 0 saturated carbocycles. The number of halogens is 1. The number of amides is 3. The normalized spacial score (nSPS) is 13.6. The number of piperazine rings is 1. The van der Waals surface area contributed by atoms with Gasteiger partial charge in [0.1, 0.15) is 11.4 Å². The van der Waals surface area contributed by atoms with Crippen LogP contribution in [0.4, 0.5) is 21.3 Å². The van der Waals surface area contributed by atoms with Gasteiger partial charge < -0.3 is 19.9 Å². The van der Waals surface area contributed by atoms with E-state index >= 15 is 0 Å². The number of thiazole rings is 1. The number of anilines is 3. The molecule has 166 valence electrons. The van der Waals surface area contributed by atoms with Gasteiger partial charge in [-0.15, -0.1) is 11.3 Å². The van der Waals surface area contributed by atoms with Gasteiger partial charge >= 0.3 is 6.03 Å². The maximum absolute atomic E-state index is 12.8. The van der Waals surface area contributed by atoms with Crippen molar-refractivity contribution in [2.45, 2.75) is 0 Å². The molecule has 10 heteroatoms. The molecular weight excluding hydrogens is 450 g/mol. The molecule has 3 aromatic rings. The van der Waals surface area contributed by atoms with Gasteiger partial charge in [-0.3, -0.25) is 10.1 Å². The van der Waals surface area contributed by atoms with Crippen LogP contribution in [0.1, 0.15) is 10.5 Å². The molecule has 2 aromatic carbocycles. The number of nitrogens with one attached hydrogen (secondary N) is 2. The zero-order valence-electron chi connectivity index (χ0n) is 17.4. The molecule has 1 aliphatic heterocycles. The fourth-order valence-electron chi connectivity index (χ4n) is 3.38. The van der Waals surface area contributed by atoms with Gasteiger partial charge in [-0.05, 0) is 42.5 Å². The van der Waals surface area contributed by atoms with Gasteiger partial charge in [0.05, 0.1) is 7.11 Å². The van der Waals surface area contributed by atoms with Gasteiger partial charge in [-0.1, -0.05) is 17.7 Å². The third kappa shape index (κ3) is 5.30. The van der Waals surface area contributed by atoms with Crippen molar-refractivity contribution in [2.24, 2.45) is 0 Å². The largest absolute Gasteiger partial charge is 0.497 e. The van der Waals surface area contributed by atoms with Crippen molar-refractivity contribution in [1.29, 1.82) is 0 Å². The minimum Gasteiger partial charge on any atom is -0.497 e. The first-order valence-corrected chi connectivity index (χ1v) is 11.2. The van der Waals surface area contributed by atoms with Crippen LogP contribution in [0, 0.1) is 0 Å². The smallest absolute Gasteiger partial charge is 0.325 e. The molecule has 4 rings (SSSR count). The van der Waals surface area contributed by atoms with Crippen LogP contribution >= 0.6 is 22.9 Å². The van der Waals surface area contributed by atoms with Crippen molar-refractivity contribution in [3.05, 3.63) is 64.6 Å². The monoisotopic (exact) mass is 471 g/mol. The summed E-state index contributed by atoms with van der Waals surface area (Å²) in [5.41, 5.74) is 1.99. The molecule has 0 radical (unpaired) electrons. The molecule has 1 aromatic heterocycles. The lowest BCUT2D eigenvalue weighted by Crippen LogP contribution is -2.48. The number of hydrogen-bond acceptors (Lipinski definition) is 6. The Hall–Kier alpha value is -3.30. The van der Waals surface area contributed by atoms with Crippen LogP contribution in [0.3, 0.4) is 0 Å². The molecule has 0 atom stereocenters. The number of nitrogens with zero attached hydrogens (tertiary/aromatic N) is 3. The van der Waals surface area contributed by atoms with Crippen LogP contribution in [0.25, 0.3) is 0 Å². The van der Waals surface area contributed by atoms with E-state index in [1.807, 2.05) is 24.3 Å². The average Bonchev–Trinajstić information content (AvgIpc) is 3.27. The zero-order chi connectivity index (χ0) is 22.5. The van der Waals surface area contributed by atoms with Gasteiger partial charge in [0.15, 0.2) is 5.13 Å². The van der Waals surface area contributed by atoms with E-state index in [0.717, 1.165) is 24.5 Å². The van der Waals surface area contributed by atoms with Crippen molar-refractivity contribution in [3.63, 3.8) is 0 Å². The summed E-state index contributed by atoms with van der Waals surface area (Å²) >= 11 is 7.13. The predicted molar refractivity (Wildman–Crippen MR) is 127 cm³/mol. The average molecular weight is 472 g/mol. The number of rotatable bonds is 5. The van der Waals surface area contributed by atoms with E-state index in [0.29, 0.717) is 34.6 Å². The van der Waals surface area contributed by atoms with Crippen LogP contribution in [0.2, 0.25) is 5.02 Å². The minimum absolute atomic E-state index is 0.140. The third-order valence-electron chi connectivity index (χ3n) is 5.03. The van der Waals surface area contributed by atoms with Gasteiger partial charge in [-0.2, -0.15) is 0 Å². The Morgan fingerprint density at radius 1 is 1.06 bits per heavy atom. The van der Waals surface area contributed by atoms with E-state index in [1.165, 1.54) is 11.3 Å². The Balaban J connectivity index is 1.30. The highest BCUT2D eigenvalue weighted by molar-refractivity contribution is 7.14. The van der Waals surface area contributed by atoms with Crippen molar-refractivity contribution in [2.75, 3.05) is 48.8 Å². The molecular formula is C22H22ClN5O3S. The number of hydrogen-bond donors (Lipinski definition) is 2. The van der Waals surface area contributed by atoms with Gasteiger partial charge in [0, 0.05) is 48.0 Å². The van der Waals surface area contributed by atoms with E-state index in [1.54, 1.807) is 41.7 Å². The number of methoxy groups -OCH3 is 1. The molecule has 3 amide bonds. The Morgan fingerprint density at radius 2 is 1.81 bits per heavy atom. The lowest BCUT2D eigenvalue weighted by molar-refractivity contribution is 0.0741. The molecule has 0 aliphatic carbocycles. The number of ether oxygens (including phenoxy) is 1. The van der Waals surface area contributed by atoms with E-state index < -0.39 is 6.03 Å². The van der Waals surface area contributed by atoms with Crippen molar-refractivity contribution >= 4 is 51.4 Å². The Morgan fingerprint density at radius 3 is 2.50 bits per heavy atom. The Kier molecular flexibility index (Phi) is 6.77. The molecule has 1 fully saturated rings. The van der Waals surface area contributed by atoms with E-state index in [9.17, 15) is 9.59 Å². The molecule has 8 nitrogen and oxygen atoms in total. The first-order valence-electron chi connectivity index (χ1n) is 9.99. The molecule has 0 bridgehead atoms. The summed E-state index contributed by atoms with van der Waals surface area (Å²) in [5, 5.41) is 7.87. The first-order chi connectivity index (χ1) is 15.5. The van der Waals surface area contributed by atoms with Crippen LogP contribution in [-0.2, 0) is 0 Å². The Labute approximate surface area is 194 Å². The van der Waals surface area contributed by atoms with E-state index in [2.05, 4.69) is 20.5 Å². The molecule has 1 saturated heterocycles. The van der Waals surface area contributed by atoms with E-state index in [-0.39, 0.29) is 5.91 Å². The third-order valence-corrected chi connectivity index (χ3v) is 6.02. The molecule has 0 spiro atoms. The van der Waals surface area contributed by atoms with Crippen molar-refractivity contribution in [1.82, 2.24) is 9.88 Å². The molecule has 0 unspecified atom stereocenters. The summed E-state index contributed by atoms with van der Waals surface area (Å²) in [5.74, 6) is 0.677. The first kappa shape index (κ1) is 21.9. The highest BCUT2D eigenvalue weighted by atomic mass is 35.5. The standard InChI is InChI=1S/C22H22ClN5O3S/c1-31-18-7-5-17(6-8-18)27-9-11-28(12-10-27)20(29)19-14-32-22(25-19)26-21(30)24-16-4-2-3-15(23)13-16/h2-8,13-14H,9-12H2,1H3,(H2,24,25,26,30). The highest BCUT2D eigenvalue weighted by Gasteiger charge is 2.24. The number of carbonyl (C=O) groups is 2. The maximum atomic E-state index is 12.8. The number of benzene rings is 2. The summed E-state index contributed by atoms with van der Waals surface area (Å²) in [7, 11) is 1.64. The summed E-state index contributed by atoms with van der Waals surface area (Å²) in [6.07, 6.45) is 0. The number of urea groups is 1. The van der Waals surface area contributed by atoms with Crippen LogP contribution in [0.5, 0.6) is 5.75 Å². The summed E-state index contributed by atoms with van der Waals surface area (Å²) in [6.45, 7) is 2.66.